The first-order valence-corrected chi connectivity index (χ1v) is 9.64. The van der Waals surface area contributed by atoms with Crippen molar-refractivity contribution in [3.8, 4) is 5.75 Å². The Morgan fingerprint density at radius 3 is 2.48 bits per heavy atom. The van der Waals surface area contributed by atoms with E-state index in [0.717, 1.165) is 43.2 Å². The lowest BCUT2D eigenvalue weighted by Gasteiger charge is -2.36. The third-order valence-electron chi connectivity index (χ3n) is 5.42. The molecule has 27 heavy (non-hydrogen) atoms. The van der Waals surface area contributed by atoms with Crippen LogP contribution in [0.15, 0.2) is 48.5 Å². The largest absolute Gasteiger partial charge is 0.495 e. The third kappa shape index (κ3) is 4.80. The molecule has 1 aliphatic heterocycles. The van der Waals surface area contributed by atoms with Crippen molar-refractivity contribution in [2.45, 2.75) is 26.4 Å². The van der Waals surface area contributed by atoms with E-state index in [0.29, 0.717) is 6.54 Å². The number of quaternary nitrogens is 1. The molecular formula is C22H30N3O2+. The Bertz CT molecular complexity index is 752. The lowest BCUT2D eigenvalue weighted by atomic mass is 10.1. The van der Waals surface area contributed by atoms with E-state index in [-0.39, 0.29) is 11.9 Å². The molecule has 5 heteroatoms. The van der Waals surface area contributed by atoms with Crippen LogP contribution in [0.5, 0.6) is 5.75 Å². The second-order valence-electron chi connectivity index (χ2n) is 7.24. The average molecular weight is 369 g/mol. The number of aryl methyl sites for hydroxylation is 1. The number of anilines is 1. The van der Waals surface area contributed by atoms with Crippen LogP contribution in [0.3, 0.4) is 0 Å². The highest BCUT2D eigenvalue weighted by atomic mass is 16.5. The lowest BCUT2D eigenvalue weighted by molar-refractivity contribution is -0.914. The van der Waals surface area contributed by atoms with Crippen LogP contribution in [0.25, 0.3) is 0 Å². The van der Waals surface area contributed by atoms with E-state index in [1.54, 1.807) is 7.11 Å². The summed E-state index contributed by atoms with van der Waals surface area (Å²) in [5, 5.41) is 3.08. The summed E-state index contributed by atoms with van der Waals surface area (Å²) < 4.78 is 5.48. The standard InChI is InChI=1S/C22H29N3O2/c1-17-8-10-19(11-9-17)16-23-22(26)18(2)24-12-14-25(15-13-24)20-6-4-5-7-21(20)27-3/h4-11,18H,12-16H2,1-3H3,(H,23,26)/p+1/t18-/m0/s1. The number of rotatable bonds is 6. The SMILES string of the molecule is COc1ccccc1N1CC[NH+]([C@@H](C)C(=O)NCc2ccc(C)cc2)CC1. The molecule has 1 atom stereocenters. The summed E-state index contributed by atoms with van der Waals surface area (Å²) in [6, 6.07) is 16.4. The third-order valence-corrected chi connectivity index (χ3v) is 5.42. The van der Waals surface area contributed by atoms with Gasteiger partial charge in [0.2, 0.25) is 0 Å². The van der Waals surface area contributed by atoms with Gasteiger partial charge in [-0.05, 0) is 31.5 Å². The molecule has 0 aromatic heterocycles. The lowest BCUT2D eigenvalue weighted by Crippen LogP contribution is -3.19. The summed E-state index contributed by atoms with van der Waals surface area (Å²) in [7, 11) is 1.71. The van der Waals surface area contributed by atoms with E-state index in [9.17, 15) is 4.79 Å². The zero-order valence-electron chi connectivity index (χ0n) is 16.5. The summed E-state index contributed by atoms with van der Waals surface area (Å²) in [6.07, 6.45) is 0. The maximum absolute atomic E-state index is 12.6. The molecule has 1 heterocycles. The number of ether oxygens (including phenoxy) is 1. The molecule has 0 unspecified atom stereocenters. The zero-order chi connectivity index (χ0) is 19.2. The normalized spacial score (nSPS) is 16.0. The van der Waals surface area contributed by atoms with Gasteiger partial charge in [-0.2, -0.15) is 0 Å². The van der Waals surface area contributed by atoms with E-state index in [1.807, 2.05) is 25.1 Å². The van der Waals surface area contributed by atoms with Crippen molar-refractivity contribution in [3.05, 3.63) is 59.7 Å². The number of hydrogen-bond donors (Lipinski definition) is 2. The summed E-state index contributed by atoms with van der Waals surface area (Å²) in [5.74, 6) is 1.03. The van der Waals surface area contributed by atoms with E-state index >= 15 is 0 Å². The Morgan fingerprint density at radius 2 is 1.81 bits per heavy atom. The fourth-order valence-corrected chi connectivity index (χ4v) is 3.59. The molecular weight excluding hydrogens is 338 g/mol. The van der Waals surface area contributed by atoms with Crippen LogP contribution in [-0.2, 0) is 11.3 Å². The minimum Gasteiger partial charge on any atom is -0.495 e. The van der Waals surface area contributed by atoms with Crippen LogP contribution >= 0.6 is 0 Å². The number of piperazine rings is 1. The van der Waals surface area contributed by atoms with Crippen molar-refractivity contribution < 1.29 is 14.4 Å². The predicted octanol–water partition coefficient (Wildman–Crippen LogP) is 1.41. The van der Waals surface area contributed by atoms with Crippen LogP contribution in [0, 0.1) is 6.92 Å². The number of hydrogen-bond acceptors (Lipinski definition) is 3. The number of nitrogens with one attached hydrogen (secondary N) is 2. The molecule has 5 nitrogen and oxygen atoms in total. The van der Waals surface area contributed by atoms with Crippen molar-refractivity contribution in [2.24, 2.45) is 0 Å². The Kier molecular flexibility index (Phi) is 6.35. The topological polar surface area (TPSA) is 46.0 Å². The number of nitrogens with zero attached hydrogens (tertiary/aromatic N) is 1. The van der Waals surface area contributed by atoms with Gasteiger partial charge in [0.25, 0.3) is 5.91 Å². The number of amides is 1. The first-order valence-electron chi connectivity index (χ1n) is 9.64. The maximum atomic E-state index is 12.6. The van der Waals surface area contributed by atoms with Crippen LogP contribution < -0.4 is 19.9 Å². The maximum Gasteiger partial charge on any atom is 0.278 e. The molecule has 0 aliphatic carbocycles. The summed E-state index contributed by atoms with van der Waals surface area (Å²) in [6.45, 7) is 8.41. The van der Waals surface area contributed by atoms with Crippen molar-refractivity contribution in [1.29, 1.82) is 0 Å². The van der Waals surface area contributed by atoms with Gasteiger partial charge in [0.15, 0.2) is 6.04 Å². The minimum atomic E-state index is -0.0460. The van der Waals surface area contributed by atoms with Gasteiger partial charge in [0, 0.05) is 6.54 Å². The first-order chi connectivity index (χ1) is 13.1. The quantitative estimate of drug-likeness (QED) is 0.811. The van der Waals surface area contributed by atoms with Crippen molar-refractivity contribution in [2.75, 3.05) is 38.2 Å². The van der Waals surface area contributed by atoms with Crippen LogP contribution in [-0.4, -0.2) is 45.2 Å². The van der Waals surface area contributed by atoms with E-state index in [4.69, 9.17) is 4.74 Å². The number of carbonyl (C=O) groups excluding carboxylic acids is 1. The van der Waals surface area contributed by atoms with Gasteiger partial charge in [0.1, 0.15) is 5.75 Å². The van der Waals surface area contributed by atoms with Crippen LogP contribution in [0.2, 0.25) is 0 Å². The first kappa shape index (κ1) is 19.2. The van der Waals surface area contributed by atoms with E-state index in [1.165, 1.54) is 10.5 Å². The fourth-order valence-electron chi connectivity index (χ4n) is 3.59. The number of benzene rings is 2. The minimum absolute atomic E-state index is 0.0460. The molecule has 0 bridgehead atoms. The zero-order valence-corrected chi connectivity index (χ0v) is 16.5. The smallest absolute Gasteiger partial charge is 0.278 e. The van der Waals surface area contributed by atoms with Crippen LogP contribution in [0.4, 0.5) is 5.69 Å². The highest BCUT2D eigenvalue weighted by molar-refractivity contribution is 5.79. The molecule has 1 fully saturated rings. The molecule has 0 saturated carbocycles. The summed E-state index contributed by atoms with van der Waals surface area (Å²) in [4.78, 5) is 16.3. The Morgan fingerprint density at radius 1 is 1.15 bits per heavy atom. The molecule has 2 aromatic carbocycles. The number of methoxy groups -OCH3 is 1. The molecule has 2 N–H and O–H groups in total. The second-order valence-corrected chi connectivity index (χ2v) is 7.24. The highest BCUT2D eigenvalue weighted by Crippen LogP contribution is 2.27. The Labute approximate surface area is 161 Å². The highest BCUT2D eigenvalue weighted by Gasteiger charge is 2.29. The van der Waals surface area contributed by atoms with Gasteiger partial charge in [0.05, 0.1) is 39.0 Å². The molecule has 1 saturated heterocycles. The van der Waals surface area contributed by atoms with Gasteiger partial charge in [-0.15, -0.1) is 0 Å². The van der Waals surface area contributed by atoms with Crippen molar-refractivity contribution in [3.63, 3.8) is 0 Å². The van der Waals surface area contributed by atoms with Gasteiger partial charge < -0.3 is 19.9 Å². The molecule has 1 amide bonds. The molecule has 2 aromatic rings. The van der Waals surface area contributed by atoms with Crippen molar-refractivity contribution in [1.82, 2.24) is 5.32 Å². The van der Waals surface area contributed by atoms with Gasteiger partial charge in [-0.25, -0.2) is 0 Å². The molecule has 3 rings (SSSR count). The molecule has 0 radical (unpaired) electrons. The van der Waals surface area contributed by atoms with E-state index < -0.39 is 0 Å². The molecule has 1 aliphatic rings. The Hall–Kier alpha value is -2.53. The van der Waals surface area contributed by atoms with Crippen LogP contribution in [0.1, 0.15) is 18.1 Å². The van der Waals surface area contributed by atoms with E-state index in [2.05, 4.69) is 47.5 Å². The van der Waals surface area contributed by atoms with Gasteiger partial charge in [-0.3, -0.25) is 4.79 Å². The summed E-state index contributed by atoms with van der Waals surface area (Å²) in [5.41, 5.74) is 3.50. The molecule has 144 valence electrons. The summed E-state index contributed by atoms with van der Waals surface area (Å²) >= 11 is 0. The monoisotopic (exact) mass is 368 g/mol. The van der Waals surface area contributed by atoms with Crippen molar-refractivity contribution >= 4 is 11.6 Å². The number of para-hydroxylation sites is 2. The fraction of sp³-hybridized carbons (Fsp3) is 0.409. The average Bonchev–Trinajstić information content (AvgIpc) is 2.72. The number of carbonyl (C=O) groups is 1. The van der Waals surface area contributed by atoms with Gasteiger partial charge in [-0.1, -0.05) is 42.0 Å². The van der Waals surface area contributed by atoms with Gasteiger partial charge >= 0.3 is 0 Å². The Balaban J connectivity index is 1.51. The molecule has 0 spiro atoms. The second kappa shape index (κ2) is 8.91. The predicted molar refractivity (Wildman–Crippen MR) is 108 cm³/mol.